The molecule has 2 N–H and O–H groups in total. The largest absolute Gasteiger partial charge is 0.478 e. The van der Waals surface area contributed by atoms with Gasteiger partial charge in [-0.2, -0.15) is 0 Å². The minimum atomic E-state index is -0.976. The van der Waals surface area contributed by atoms with E-state index < -0.39 is 5.97 Å². The SMILES string of the molecule is O=C(O)c1cccnc1-c1c[nH]c(-c2ccccc2)c1. The molecule has 98 valence electrons. The quantitative estimate of drug-likeness (QED) is 0.761. The summed E-state index contributed by atoms with van der Waals surface area (Å²) in [6.45, 7) is 0. The summed E-state index contributed by atoms with van der Waals surface area (Å²) < 4.78 is 0. The minimum absolute atomic E-state index is 0.200. The first-order valence-electron chi connectivity index (χ1n) is 6.18. The van der Waals surface area contributed by atoms with Crippen LogP contribution in [0.15, 0.2) is 60.9 Å². The molecule has 0 saturated carbocycles. The van der Waals surface area contributed by atoms with E-state index >= 15 is 0 Å². The normalized spacial score (nSPS) is 10.4. The smallest absolute Gasteiger partial charge is 0.337 e. The first kappa shape index (κ1) is 12.2. The van der Waals surface area contributed by atoms with Crippen molar-refractivity contribution in [1.82, 2.24) is 9.97 Å². The van der Waals surface area contributed by atoms with Crippen LogP contribution in [0.2, 0.25) is 0 Å². The number of aromatic nitrogens is 2. The van der Waals surface area contributed by atoms with Gasteiger partial charge in [0.05, 0.1) is 11.3 Å². The standard InChI is InChI=1S/C16H12N2O2/c19-16(20)13-7-4-8-17-15(13)12-9-14(18-10-12)11-5-2-1-3-6-11/h1-10,18H,(H,19,20). The Morgan fingerprint density at radius 2 is 1.85 bits per heavy atom. The van der Waals surface area contributed by atoms with Gasteiger partial charge in [-0.15, -0.1) is 0 Å². The maximum absolute atomic E-state index is 11.2. The zero-order chi connectivity index (χ0) is 13.9. The van der Waals surface area contributed by atoms with Crippen molar-refractivity contribution in [2.75, 3.05) is 0 Å². The summed E-state index contributed by atoms with van der Waals surface area (Å²) >= 11 is 0. The topological polar surface area (TPSA) is 66.0 Å². The lowest BCUT2D eigenvalue weighted by Gasteiger charge is -2.01. The van der Waals surface area contributed by atoms with Gasteiger partial charge < -0.3 is 10.1 Å². The van der Waals surface area contributed by atoms with Crippen LogP contribution in [0.25, 0.3) is 22.5 Å². The number of rotatable bonds is 3. The molecule has 20 heavy (non-hydrogen) atoms. The van der Waals surface area contributed by atoms with Crippen LogP contribution in [-0.2, 0) is 0 Å². The van der Waals surface area contributed by atoms with Gasteiger partial charge in [-0.05, 0) is 23.8 Å². The van der Waals surface area contributed by atoms with Crippen LogP contribution in [0.3, 0.4) is 0 Å². The summed E-state index contributed by atoms with van der Waals surface area (Å²) in [5.74, 6) is -0.976. The molecule has 1 aromatic carbocycles. The Balaban J connectivity index is 2.05. The summed E-state index contributed by atoms with van der Waals surface area (Å²) in [4.78, 5) is 18.6. The molecule has 0 unspecified atom stereocenters. The Morgan fingerprint density at radius 1 is 1.05 bits per heavy atom. The van der Waals surface area contributed by atoms with Crippen LogP contribution in [-0.4, -0.2) is 21.0 Å². The van der Waals surface area contributed by atoms with Gasteiger partial charge in [-0.25, -0.2) is 4.79 Å². The van der Waals surface area contributed by atoms with Gasteiger partial charge in [0.15, 0.2) is 0 Å². The van der Waals surface area contributed by atoms with Crippen molar-refractivity contribution in [2.45, 2.75) is 0 Å². The van der Waals surface area contributed by atoms with Gasteiger partial charge in [0.2, 0.25) is 0 Å². The number of nitrogens with one attached hydrogen (secondary N) is 1. The summed E-state index contributed by atoms with van der Waals surface area (Å²) in [6, 6.07) is 14.9. The number of carboxylic acid groups (broad SMARTS) is 1. The highest BCUT2D eigenvalue weighted by molar-refractivity contribution is 5.95. The molecule has 4 heteroatoms. The van der Waals surface area contributed by atoms with Crippen molar-refractivity contribution in [1.29, 1.82) is 0 Å². The number of carbonyl (C=O) groups is 1. The minimum Gasteiger partial charge on any atom is -0.478 e. The predicted molar refractivity (Wildman–Crippen MR) is 76.4 cm³/mol. The molecule has 0 bridgehead atoms. The third kappa shape index (κ3) is 2.19. The van der Waals surface area contributed by atoms with Crippen LogP contribution in [0.1, 0.15) is 10.4 Å². The summed E-state index contributed by atoms with van der Waals surface area (Å²) in [6.07, 6.45) is 3.37. The molecule has 3 rings (SSSR count). The fourth-order valence-electron chi connectivity index (χ4n) is 2.12. The molecule has 0 atom stereocenters. The lowest BCUT2D eigenvalue weighted by atomic mass is 10.1. The van der Waals surface area contributed by atoms with Crippen LogP contribution >= 0.6 is 0 Å². The Morgan fingerprint density at radius 3 is 2.60 bits per heavy atom. The van der Waals surface area contributed by atoms with Gasteiger partial charge in [-0.1, -0.05) is 30.3 Å². The van der Waals surface area contributed by atoms with Crippen molar-refractivity contribution in [3.05, 3.63) is 66.5 Å². The number of aromatic amines is 1. The molecule has 0 spiro atoms. The molecule has 0 aliphatic carbocycles. The number of benzene rings is 1. The number of pyridine rings is 1. The molecule has 0 aliphatic heterocycles. The number of aromatic carboxylic acids is 1. The highest BCUT2D eigenvalue weighted by Crippen LogP contribution is 2.26. The fraction of sp³-hybridized carbons (Fsp3) is 0. The summed E-state index contributed by atoms with van der Waals surface area (Å²) in [7, 11) is 0. The van der Waals surface area contributed by atoms with Crippen LogP contribution in [0.4, 0.5) is 0 Å². The molecule has 3 aromatic rings. The van der Waals surface area contributed by atoms with Crippen molar-refractivity contribution in [3.63, 3.8) is 0 Å². The zero-order valence-corrected chi connectivity index (χ0v) is 10.6. The van der Waals surface area contributed by atoms with Crippen LogP contribution in [0, 0.1) is 0 Å². The van der Waals surface area contributed by atoms with Crippen molar-refractivity contribution in [2.24, 2.45) is 0 Å². The second-order valence-corrected chi connectivity index (χ2v) is 4.37. The Labute approximate surface area is 115 Å². The van der Waals surface area contributed by atoms with Gasteiger partial charge in [-0.3, -0.25) is 4.98 Å². The van der Waals surface area contributed by atoms with E-state index in [0.29, 0.717) is 5.69 Å². The number of H-pyrrole nitrogens is 1. The average Bonchev–Trinajstić information content (AvgIpc) is 2.98. The molecule has 2 heterocycles. The van der Waals surface area contributed by atoms with Crippen molar-refractivity contribution >= 4 is 5.97 Å². The molecule has 0 aliphatic rings. The predicted octanol–water partition coefficient (Wildman–Crippen LogP) is 3.44. The summed E-state index contributed by atoms with van der Waals surface area (Å²) in [5, 5.41) is 9.20. The highest BCUT2D eigenvalue weighted by atomic mass is 16.4. The number of nitrogens with zero attached hydrogens (tertiary/aromatic N) is 1. The van der Waals surface area contributed by atoms with E-state index in [9.17, 15) is 9.90 Å². The van der Waals surface area contributed by atoms with Gasteiger partial charge >= 0.3 is 5.97 Å². The van der Waals surface area contributed by atoms with E-state index in [1.54, 1.807) is 24.5 Å². The van der Waals surface area contributed by atoms with Crippen LogP contribution in [0.5, 0.6) is 0 Å². The Bertz CT molecular complexity index is 748. The summed E-state index contributed by atoms with van der Waals surface area (Å²) in [5.41, 5.74) is 3.42. The van der Waals surface area contributed by atoms with Gasteiger partial charge in [0.25, 0.3) is 0 Å². The van der Waals surface area contributed by atoms with E-state index in [2.05, 4.69) is 9.97 Å². The number of hydrogen-bond acceptors (Lipinski definition) is 2. The average molecular weight is 264 g/mol. The first-order valence-corrected chi connectivity index (χ1v) is 6.18. The second kappa shape index (κ2) is 5.01. The van der Waals surface area contributed by atoms with E-state index in [-0.39, 0.29) is 5.56 Å². The first-order chi connectivity index (χ1) is 9.75. The number of carboxylic acids is 1. The van der Waals surface area contributed by atoms with Crippen molar-refractivity contribution in [3.8, 4) is 22.5 Å². The van der Waals surface area contributed by atoms with Crippen molar-refractivity contribution < 1.29 is 9.90 Å². The maximum Gasteiger partial charge on any atom is 0.337 e. The van der Waals surface area contributed by atoms with E-state index in [1.807, 2.05) is 36.4 Å². The molecular weight excluding hydrogens is 252 g/mol. The van der Waals surface area contributed by atoms with Gasteiger partial charge in [0.1, 0.15) is 0 Å². The van der Waals surface area contributed by atoms with E-state index in [4.69, 9.17) is 0 Å². The third-order valence-corrected chi connectivity index (χ3v) is 3.08. The third-order valence-electron chi connectivity index (χ3n) is 3.08. The number of hydrogen-bond donors (Lipinski definition) is 2. The van der Waals surface area contributed by atoms with Gasteiger partial charge in [0, 0.05) is 23.7 Å². The second-order valence-electron chi connectivity index (χ2n) is 4.37. The van der Waals surface area contributed by atoms with E-state index in [0.717, 1.165) is 16.8 Å². The monoisotopic (exact) mass is 264 g/mol. The highest BCUT2D eigenvalue weighted by Gasteiger charge is 2.13. The molecule has 0 saturated heterocycles. The van der Waals surface area contributed by atoms with Crippen LogP contribution < -0.4 is 0 Å². The molecular formula is C16H12N2O2. The molecule has 0 fully saturated rings. The lowest BCUT2D eigenvalue weighted by molar-refractivity contribution is 0.0697. The molecule has 2 aromatic heterocycles. The molecule has 0 radical (unpaired) electrons. The van der Waals surface area contributed by atoms with E-state index in [1.165, 1.54) is 0 Å². The molecule has 0 amide bonds. The Kier molecular flexibility index (Phi) is 3.05. The zero-order valence-electron chi connectivity index (χ0n) is 10.6. The maximum atomic E-state index is 11.2. The Hall–Kier alpha value is -2.88. The molecule has 4 nitrogen and oxygen atoms in total. The fourth-order valence-corrected chi connectivity index (χ4v) is 2.12. The lowest BCUT2D eigenvalue weighted by Crippen LogP contribution is -2.00.